The Morgan fingerprint density at radius 2 is 1.83 bits per heavy atom. The molecule has 4 heterocycles. The van der Waals surface area contributed by atoms with Crippen LogP contribution < -0.4 is 10.6 Å². The molecule has 4 N–H and O–H groups in total. The predicted octanol–water partition coefficient (Wildman–Crippen LogP) is 2.56. The zero-order chi connectivity index (χ0) is 38.6. The molecule has 54 heavy (non-hydrogen) atoms. The molecule has 5 fully saturated rings. The number of esters is 1. The molecule has 1 amide bonds. The Bertz CT molecular complexity index is 1760. The Balaban J connectivity index is 0.954. The number of ketones is 1. The maximum atomic E-state index is 13.7. The first-order valence-electron chi connectivity index (χ1n) is 20.0. The molecule has 2 aromatic heterocycles. The van der Waals surface area contributed by atoms with Gasteiger partial charge in [-0.05, 0) is 69.2 Å². The lowest BCUT2D eigenvalue weighted by Gasteiger charge is -2.64. The van der Waals surface area contributed by atoms with Gasteiger partial charge in [-0.25, -0.2) is 15.0 Å². The highest BCUT2D eigenvalue weighted by molar-refractivity contribution is 5.86. The number of aliphatic hydroxyl groups is 2. The number of carbonyl (C=O) groups is 3. The second-order valence-corrected chi connectivity index (χ2v) is 17.7. The van der Waals surface area contributed by atoms with Gasteiger partial charge in [-0.15, -0.1) is 6.58 Å². The Kier molecular flexibility index (Phi) is 10.5. The number of carbonyl (C=O) groups excluding carboxylic acids is 3. The molecule has 14 heteroatoms. The van der Waals surface area contributed by atoms with E-state index in [1.165, 1.54) is 0 Å². The maximum Gasteiger partial charge on any atom is 0.320 e. The van der Waals surface area contributed by atoms with E-state index >= 15 is 0 Å². The summed E-state index contributed by atoms with van der Waals surface area (Å²) in [6.45, 7) is 16.8. The molecule has 14 nitrogen and oxygen atoms in total. The summed E-state index contributed by atoms with van der Waals surface area (Å²) in [6, 6.07) is 0. The largest absolute Gasteiger partial charge is 0.458 e. The van der Waals surface area contributed by atoms with Gasteiger partial charge in [-0.2, -0.15) is 0 Å². The summed E-state index contributed by atoms with van der Waals surface area (Å²) in [5.41, 5.74) is 3.85. The van der Waals surface area contributed by atoms with Gasteiger partial charge in [0.2, 0.25) is 5.91 Å². The quantitative estimate of drug-likeness (QED) is 0.239. The van der Waals surface area contributed by atoms with Crippen molar-refractivity contribution in [3.8, 4) is 0 Å². The van der Waals surface area contributed by atoms with Gasteiger partial charge in [-0.3, -0.25) is 19.3 Å². The third kappa shape index (κ3) is 6.34. The Hall–Kier alpha value is -3.46. The molecule has 2 saturated heterocycles. The summed E-state index contributed by atoms with van der Waals surface area (Å²) in [7, 11) is 0. The minimum Gasteiger partial charge on any atom is -0.458 e. The Morgan fingerprint density at radius 1 is 1.07 bits per heavy atom. The molecular formula is C40H60N8O6. The number of hydrogen-bond acceptors (Lipinski definition) is 12. The van der Waals surface area contributed by atoms with E-state index in [1.807, 2.05) is 42.1 Å². The molecule has 2 bridgehead atoms. The minimum absolute atomic E-state index is 0.0361. The van der Waals surface area contributed by atoms with Crippen LogP contribution in [-0.2, 0) is 25.7 Å². The molecule has 2 aromatic rings. The summed E-state index contributed by atoms with van der Waals surface area (Å²) in [5, 5.41) is 23.6. The lowest BCUT2D eigenvalue weighted by Crippen LogP contribution is -2.69. The number of rotatable bonds is 10. The third-order valence-electron chi connectivity index (χ3n) is 14.9. The third-order valence-corrected chi connectivity index (χ3v) is 14.9. The number of aromatic nitrogens is 4. The van der Waals surface area contributed by atoms with Crippen molar-refractivity contribution in [2.45, 2.75) is 103 Å². The van der Waals surface area contributed by atoms with Crippen LogP contribution in [0, 0.1) is 34.0 Å². The van der Waals surface area contributed by atoms with Crippen LogP contribution in [0.2, 0.25) is 0 Å². The lowest BCUT2D eigenvalue weighted by molar-refractivity contribution is -0.252. The predicted molar refractivity (Wildman–Crippen MR) is 203 cm³/mol. The van der Waals surface area contributed by atoms with Crippen molar-refractivity contribution in [2.75, 3.05) is 57.3 Å². The number of aliphatic hydroxyl groups excluding tert-OH is 2. The van der Waals surface area contributed by atoms with Gasteiger partial charge in [0.1, 0.15) is 17.7 Å². The number of Topliss-reactive ketones (excluding diaryl/α,β-unsaturated/α-hetero) is 1. The van der Waals surface area contributed by atoms with E-state index in [9.17, 15) is 24.6 Å². The molecule has 9 atom stereocenters. The van der Waals surface area contributed by atoms with Crippen molar-refractivity contribution >= 4 is 34.6 Å². The van der Waals surface area contributed by atoms with Crippen molar-refractivity contribution in [1.82, 2.24) is 29.3 Å². The van der Waals surface area contributed by atoms with Crippen molar-refractivity contribution in [3.05, 3.63) is 25.3 Å². The second-order valence-electron chi connectivity index (χ2n) is 17.7. The number of hydrogen-bond donors (Lipinski definition) is 3. The molecular weight excluding hydrogens is 688 g/mol. The normalized spacial score (nSPS) is 37.2. The van der Waals surface area contributed by atoms with Crippen LogP contribution in [0.3, 0.4) is 0 Å². The number of nitrogens with two attached hydrogens (primary N) is 1. The molecule has 3 saturated carbocycles. The van der Waals surface area contributed by atoms with Crippen LogP contribution in [0.4, 0.5) is 5.82 Å². The van der Waals surface area contributed by atoms with Crippen LogP contribution in [0.1, 0.15) is 79.1 Å². The first-order chi connectivity index (χ1) is 25.7. The number of piperazine rings is 1. The van der Waals surface area contributed by atoms with E-state index in [0.29, 0.717) is 77.3 Å². The average molecular weight is 749 g/mol. The fourth-order valence-electron chi connectivity index (χ4n) is 11.2. The van der Waals surface area contributed by atoms with Gasteiger partial charge in [0, 0.05) is 75.4 Å². The van der Waals surface area contributed by atoms with Crippen molar-refractivity contribution < 1.29 is 29.3 Å². The number of ether oxygens (including phenoxy) is 1. The van der Waals surface area contributed by atoms with Crippen molar-refractivity contribution in [2.24, 2.45) is 39.7 Å². The average Bonchev–Trinajstić information content (AvgIpc) is 3.89. The van der Waals surface area contributed by atoms with Crippen molar-refractivity contribution in [3.63, 3.8) is 0 Å². The van der Waals surface area contributed by atoms with Gasteiger partial charge in [0.25, 0.3) is 0 Å². The van der Waals surface area contributed by atoms with E-state index in [4.69, 9.17) is 10.5 Å². The molecule has 7 rings (SSSR count). The maximum absolute atomic E-state index is 13.7. The second kappa shape index (κ2) is 14.6. The smallest absolute Gasteiger partial charge is 0.320 e. The summed E-state index contributed by atoms with van der Waals surface area (Å²) in [6.07, 6.45) is 8.03. The molecule has 9 unspecified atom stereocenters. The monoisotopic (exact) mass is 748 g/mol. The first-order valence-corrected chi connectivity index (χ1v) is 20.0. The van der Waals surface area contributed by atoms with Crippen LogP contribution in [-0.4, -0.2) is 127 Å². The van der Waals surface area contributed by atoms with Crippen LogP contribution in [0.5, 0.6) is 0 Å². The highest BCUT2D eigenvalue weighted by Gasteiger charge is 2.72. The molecule has 3 aliphatic carbocycles. The molecule has 0 radical (unpaired) electrons. The van der Waals surface area contributed by atoms with E-state index in [2.05, 4.69) is 26.4 Å². The SMILES string of the molecule is C=CC1(C)CC(O)C2(C)C3C(=O)CCC3(CCC2(C)OC(=O)CN2CCN(C(=O)CCn3cnc4c(N5CCC(CCN)C5)ncnc43)CC2)C(C)C1O. The Labute approximate surface area is 318 Å². The number of nitrogens with zero attached hydrogens (tertiary/aromatic N) is 7. The van der Waals surface area contributed by atoms with E-state index < -0.39 is 45.9 Å². The molecule has 2 aliphatic heterocycles. The van der Waals surface area contributed by atoms with E-state index in [-0.39, 0.29) is 30.6 Å². The van der Waals surface area contributed by atoms with Gasteiger partial charge < -0.3 is 35.1 Å². The lowest BCUT2D eigenvalue weighted by atomic mass is 9.42. The van der Waals surface area contributed by atoms with E-state index in [0.717, 1.165) is 42.9 Å². The van der Waals surface area contributed by atoms with Gasteiger partial charge in [0.15, 0.2) is 17.0 Å². The van der Waals surface area contributed by atoms with Crippen LogP contribution in [0.15, 0.2) is 25.3 Å². The van der Waals surface area contributed by atoms with Crippen LogP contribution in [0.25, 0.3) is 11.2 Å². The van der Waals surface area contributed by atoms with Gasteiger partial charge in [0.05, 0.1) is 25.1 Å². The first kappa shape index (κ1) is 38.8. The highest BCUT2D eigenvalue weighted by atomic mass is 16.6. The zero-order valence-corrected chi connectivity index (χ0v) is 32.6. The summed E-state index contributed by atoms with van der Waals surface area (Å²) < 4.78 is 8.33. The highest BCUT2D eigenvalue weighted by Crippen LogP contribution is 2.69. The molecule has 296 valence electrons. The van der Waals surface area contributed by atoms with Crippen molar-refractivity contribution in [1.29, 1.82) is 0 Å². The number of anilines is 1. The van der Waals surface area contributed by atoms with E-state index in [1.54, 1.807) is 18.7 Å². The summed E-state index contributed by atoms with van der Waals surface area (Å²) in [4.78, 5) is 60.6. The summed E-state index contributed by atoms with van der Waals surface area (Å²) >= 11 is 0. The van der Waals surface area contributed by atoms with Gasteiger partial charge in [-0.1, -0.05) is 26.8 Å². The fraction of sp³-hybridized carbons (Fsp3) is 0.750. The zero-order valence-electron chi connectivity index (χ0n) is 32.6. The van der Waals surface area contributed by atoms with Crippen LogP contribution >= 0.6 is 0 Å². The number of imidazole rings is 1. The minimum atomic E-state index is -1.09. The molecule has 5 aliphatic rings. The summed E-state index contributed by atoms with van der Waals surface area (Å²) in [5.74, 6) is 0.375. The number of amides is 1. The standard InChI is InChI=1S/C40H60N8O6/c1-6-37(3)21-29(50)39(5)33-28(49)7-11-40(33,26(2)34(37)53)13-12-38(39,4)54-31(52)23-45-17-19-46(20-18-45)30(51)10-16-48-25-44-32-35(42-24-43-36(32)48)47-15-9-27(22-47)8-14-41/h6,24-27,29,33-34,50,53H,1,7-23,41H2,2-5H3. The van der Waals surface area contributed by atoms with Gasteiger partial charge >= 0.3 is 5.97 Å². The Morgan fingerprint density at radius 3 is 2.56 bits per heavy atom. The molecule has 0 spiro atoms. The molecule has 0 aromatic carbocycles. The topological polar surface area (TPSA) is 180 Å². The number of fused-ring (bicyclic) bond motifs is 1. The number of aryl methyl sites for hydroxylation is 1. The fourth-order valence-corrected chi connectivity index (χ4v) is 11.2.